The molecule has 58 heavy (non-hydrogen) atoms. The Morgan fingerprint density at radius 3 is 0.448 bits per heavy atom. The summed E-state index contributed by atoms with van der Waals surface area (Å²) in [5.41, 5.74) is 27.6. The van der Waals surface area contributed by atoms with Gasteiger partial charge >= 0.3 is 0 Å². The number of hydrogen-bond donors (Lipinski definition) is 0. The summed E-state index contributed by atoms with van der Waals surface area (Å²) in [6.07, 6.45) is 0. The van der Waals surface area contributed by atoms with Gasteiger partial charge in [0.05, 0.1) is 0 Å². The summed E-state index contributed by atoms with van der Waals surface area (Å²) >= 11 is 0. The average molecular weight is 735 g/mol. The molecule has 0 unspecified atom stereocenters. The minimum absolute atomic E-state index is 0.0881. The van der Waals surface area contributed by atoms with Crippen LogP contribution in [0.15, 0.2) is 206 Å². The lowest BCUT2D eigenvalue weighted by molar-refractivity contribution is 0.872. The lowest BCUT2D eigenvalue weighted by Gasteiger charge is -2.30. The normalized spacial score (nSPS) is 14.6. The smallest absolute Gasteiger partial charge is 0.0355 e. The van der Waals surface area contributed by atoms with Crippen molar-refractivity contribution in [2.24, 2.45) is 0 Å². The molecule has 0 atom stereocenters. The third-order valence-corrected chi connectivity index (χ3v) is 13.9. The Balaban J connectivity index is 1.19. The van der Waals surface area contributed by atoms with E-state index in [2.05, 4.69) is 206 Å². The van der Waals surface area contributed by atoms with Crippen LogP contribution >= 0.6 is 0 Å². The summed E-state index contributed by atoms with van der Waals surface area (Å²) < 4.78 is 0. The molecule has 0 saturated heterocycles. The van der Waals surface area contributed by atoms with Gasteiger partial charge in [0.15, 0.2) is 0 Å². The Kier molecular flexibility index (Phi) is 6.77. The van der Waals surface area contributed by atoms with Gasteiger partial charge in [0.1, 0.15) is 0 Å². The number of hydrogen-bond acceptors (Lipinski definition) is 0. The molecular formula is C58H38. The first kappa shape index (κ1) is 32.1. The van der Waals surface area contributed by atoms with E-state index < -0.39 is 0 Å². The molecule has 270 valence electrons. The Morgan fingerprint density at radius 2 is 0.293 bits per heavy atom. The highest BCUT2D eigenvalue weighted by Gasteiger charge is 2.41. The second-order valence-corrected chi connectivity index (χ2v) is 16.5. The van der Waals surface area contributed by atoms with E-state index in [1.54, 1.807) is 0 Å². The van der Waals surface area contributed by atoms with Crippen molar-refractivity contribution in [3.8, 4) is 44.5 Å². The third kappa shape index (κ3) is 4.35. The van der Waals surface area contributed by atoms with Crippen molar-refractivity contribution in [1.82, 2.24) is 0 Å². The number of rotatable bonds is 4. The standard InChI is InChI=1S/C58H38/c1-9-25-43-35(17-1)36-18-2-10-26-44(36)55(43)51-33-53(57-47-29-13-5-21-39(47)40-22-6-14-30-48(40)57)54(58-49-31-15-7-23-41(49)42-24-8-16-32-50(42)58)34-52(51)56-45-27-11-3-19-37(45)38-20-4-12-28-46(38)56/h1-34,55-58H. The second kappa shape index (κ2) is 12.2. The van der Waals surface area contributed by atoms with Crippen molar-refractivity contribution in [3.63, 3.8) is 0 Å². The van der Waals surface area contributed by atoms with E-state index in [-0.39, 0.29) is 23.7 Å². The van der Waals surface area contributed by atoms with Crippen molar-refractivity contribution in [2.75, 3.05) is 0 Å². The summed E-state index contributed by atoms with van der Waals surface area (Å²) in [6.45, 7) is 0. The van der Waals surface area contributed by atoms with Gasteiger partial charge in [-0.25, -0.2) is 0 Å². The van der Waals surface area contributed by atoms with Crippen molar-refractivity contribution in [2.45, 2.75) is 23.7 Å². The fourth-order valence-corrected chi connectivity index (χ4v) is 11.6. The zero-order valence-electron chi connectivity index (χ0n) is 31.9. The van der Waals surface area contributed by atoms with Crippen molar-refractivity contribution in [3.05, 3.63) is 273 Å². The predicted octanol–water partition coefficient (Wildman–Crippen LogP) is 14.3. The van der Waals surface area contributed by atoms with Gasteiger partial charge in [0.25, 0.3) is 0 Å². The fraction of sp³-hybridized carbons (Fsp3) is 0.0690. The molecule has 4 aliphatic carbocycles. The largest absolute Gasteiger partial charge is 0.0619 e. The molecule has 0 heterocycles. The Morgan fingerprint density at radius 1 is 0.155 bits per heavy atom. The maximum atomic E-state index is 2.70. The highest BCUT2D eigenvalue weighted by atomic mass is 14.4. The molecule has 0 N–H and O–H groups in total. The zero-order chi connectivity index (χ0) is 37.9. The van der Waals surface area contributed by atoms with Crippen LogP contribution in [0.1, 0.15) is 90.4 Å². The molecular weight excluding hydrogens is 697 g/mol. The molecule has 0 nitrogen and oxygen atoms in total. The van der Waals surface area contributed by atoms with Gasteiger partial charge < -0.3 is 0 Å². The molecule has 13 rings (SSSR count). The molecule has 0 aliphatic heterocycles. The zero-order valence-corrected chi connectivity index (χ0v) is 31.9. The maximum absolute atomic E-state index is 2.70. The predicted molar refractivity (Wildman–Crippen MR) is 238 cm³/mol. The van der Waals surface area contributed by atoms with Crippen molar-refractivity contribution in [1.29, 1.82) is 0 Å². The molecule has 9 aromatic carbocycles. The summed E-state index contributed by atoms with van der Waals surface area (Å²) in [5, 5.41) is 0. The molecule has 0 bridgehead atoms. The summed E-state index contributed by atoms with van der Waals surface area (Å²) in [7, 11) is 0. The summed E-state index contributed by atoms with van der Waals surface area (Å²) in [5.74, 6) is 0.352. The van der Waals surface area contributed by atoms with Crippen LogP contribution in [0.4, 0.5) is 0 Å². The highest BCUT2D eigenvalue weighted by Crippen LogP contribution is 2.59. The topological polar surface area (TPSA) is 0 Å². The minimum atomic E-state index is 0.0881. The Bertz CT molecular complexity index is 2560. The highest BCUT2D eigenvalue weighted by molar-refractivity contribution is 5.87. The first-order valence-electron chi connectivity index (χ1n) is 20.7. The first-order valence-corrected chi connectivity index (χ1v) is 20.7. The van der Waals surface area contributed by atoms with Gasteiger partial charge in [-0.2, -0.15) is 0 Å². The first-order chi connectivity index (χ1) is 28.8. The molecule has 9 aromatic rings. The quantitative estimate of drug-likeness (QED) is 0.169. The Hall–Kier alpha value is -7.02. The van der Waals surface area contributed by atoms with E-state index in [0.29, 0.717) is 0 Å². The molecule has 0 aromatic heterocycles. The minimum Gasteiger partial charge on any atom is -0.0619 e. The lowest BCUT2D eigenvalue weighted by atomic mass is 9.72. The van der Waals surface area contributed by atoms with Crippen LogP contribution in [0.5, 0.6) is 0 Å². The van der Waals surface area contributed by atoms with Crippen LogP contribution in [0.3, 0.4) is 0 Å². The molecule has 0 saturated carbocycles. The van der Waals surface area contributed by atoms with Gasteiger partial charge in [-0.3, -0.25) is 0 Å². The van der Waals surface area contributed by atoms with E-state index in [0.717, 1.165) is 0 Å². The molecule has 4 aliphatic rings. The van der Waals surface area contributed by atoms with E-state index in [4.69, 9.17) is 0 Å². The van der Waals surface area contributed by atoms with E-state index in [1.807, 2.05) is 0 Å². The number of benzene rings is 9. The van der Waals surface area contributed by atoms with Gasteiger partial charge in [-0.05, 0) is 111 Å². The van der Waals surface area contributed by atoms with Gasteiger partial charge in [0, 0.05) is 23.7 Å². The monoisotopic (exact) mass is 734 g/mol. The van der Waals surface area contributed by atoms with Crippen LogP contribution in [0.25, 0.3) is 44.5 Å². The average Bonchev–Trinajstić information content (AvgIpc) is 4.01. The summed E-state index contributed by atoms with van der Waals surface area (Å²) in [6, 6.07) is 78.7. The maximum Gasteiger partial charge on any atom is 0.0355 e. The molecule has 0 heteroatoms. The second-order valence-electron chi connectivity index (χ2n) is 16.5. The van der Waals surface area contributed by atoms with Crippen LogP contribution in [-0.4, -0.2) is 0 Å². The van der Waals surface area contributed by atoms with E-state index >= 15 is 0 Å². The Labute approximate surface area is 339 Å². The molecule has 0 radical (unpaired) electrons. The van der Waals surface area contributed by atoms with Crippen LogP contribution in [0.2, 0.25) is 0 Å². The van der Waals surface area contributed by atoms with Crippen molar-refractivity contribution < 1.29 is 0 Å². The van der Waals surface area contributed by atoms with Crippen molar-refractivity contribution >= 4 is 0 Å². The van der Waals surface area contributed by atoms with Crippen LogP contribution in [-0.2, 0) is 0 Å². The summed E-state index contributed by atoms with van der Waals surface area (Å²) in [4.78, 5) is 0. The molecule has 0 spiro atoms. The van der Waals surface area contributed by atoms with Crippen LogP contribution < -0.4 is 0 Å². The van der Waals surface area contributed by atoms with Gasteiger partial charge in [0.2, 0.25) is 0 Å². The SMILES string of the molecule is c1ccc2c(c1)-c1ccccc1C2c1cc(C2c3ccccc3-c3ccccc32)c(C2c3ccccc3-c3ccccc32)cc1C1c2ccccc2-c2ccccc21. The number of fused-ring (bicyclic) bond motifs is 12. The lowest BCUT2D eigenvalue weighted by Crippen LogP contribution is -2.15. The third-order valence-electron chi connectivity index (χ3n) is 13.9. The van der Waals surface area contributed by atoms with Gasteiger partial charge in [-0.1, -0.05) is 206 Å². The van der Waals surface area contributed by atoms with Crippen LogP contribution in [0, 0.1) is 0 Å². The molecule has 0 fully saturated rings. The fourth-order valence-electron chi connectivity index (χ4n) is 11.6. The molecule has 0 amide bonds. The van der Waals surface area contributed by atoms with E-state index in [1.165, 1.54) is 111 Å². The van der Waals surface area contributed by atoms with Gasteiger partial charge in [-0.15, -0.1) is 0 Å². The van der Waals surface area contributed by atoms with E-state index in [9.17, 15) is 0 Å².